The fraction of sp³-hybridized carbons (Fsp3) is 0.143. The highest BCUT2D eigenvalue weighted by atomic mass is 16.6. The van der Waals surface area contributed by atoms with Crippen molar-refractivity contribution in [3.8, 4) is 0 Å². The summed E-state index contributed by atoms with van der Waals surface area (Å²) in [6.07, 6.45) is 1.66. The van der Waals surface area contributed by atoms with Gasteiger partial charge in [0.2, 0.25) is 11.5 Å². The molecule has 8 heteroatoms. The molecule has 0 amide bonds. The van der Waals surface area contributed by atoms with E-state index in [4.69, 9.17) is 8.83 Å². The molecule has 0 aliphatic rings. The summed E-state index contributed by atoms with van der Waals surface area (Å²) in [6.45, 7) is 0. The molecule has 0 fully saturated rings. The maximum absolute atomic E-state index is 11.4. The predicted octanol–water partition coefficient (Wildman–Crippen LogP) is 1.72. The van der Waals surface area contributed by atoms with Gasteiger partial charge in [0.1, 0.15) is 0 Å². The fourth-order valence-electron chi connectivity index (χ4n) is 1.40. The molecule has 22 heavy (non-hydrogen) atoms. The van der Waals surface area contributed by atoms with Crippen molar-refractivity contribution in [2.45, 2.75) is 12.8 Å². The van der Waals surface area contributed by atoms with Crippen LogP contribution in [0.5, 0.6) is 0 Å². The summed E-state index contributed by atoms with van der Waals surface area (Å²) in [5.41, 5.74) is 0. The summed E-state index contributed by atoms with van der Waals surface area (Å²) in [7, 11) is 0. The molecule has 0 saturated heterocycles. The lowest BCUT2D eigenvalue weighted by Gasteiger charge is -2.01. The van der Waals surface area contributed by atoms with Crippen LogP contribution in [-0.4, -0.2) is 23.9 Å². The summed E-state index contributed by atoms with van der Waals surface area (Å²) in [5.74, 6) is -4.08. The first-order valence-electron chi connectivity index (χ1n) is 6.13. The van der Waals surface area contributed by atoms with Crippen LogP contribution < -0.4 is 0 Å². The highest BCUT2D eigenvalue weighted by Gasteiger charge is 2.19. The fourth-order valence-corrected chi connectivity index (χ4v) is 1.40. The second-order valence-electron chi connectivity index (χ2n) is 3.98. The Bertz CT molecular complexity index is 606. The first kappa shape index (κ1) is 15.2. The van der Waals surface area contributed by atoms with Crippen molar-refractivity contribution in [2.24, 2.45) is 0 Å². The van der Waals surface area contributed by atoms with Crippen molar-refractivity contribution in [3.05, 3.63) is 48.3 Å². The van der Waals surface area contributed by atoms with Crippen LogP contribution in [0.15, 0.2) is 45.6 Å². The predicted molar refractivity (Wildman–Crippen MR) is 67.5 cm³/mol. The van der Waals surface area contributed by atoms with E-state index in [2.05, 4.69) is 9.47 Å². The summed E-state index contributed by atoms with van der Waals surface area (Å²) in [5, 5.41) is 0. The van der Waals surface area contributed by atoms with Crippen LogP contribution in [0.1, 0.15) is 34.0 Å². The molecular weight excluding hydrogens is 296 g/mol. The molecular formula is C14H10O8. The third kappa shape index (κ3) is 4.17. The zero-order chi connectivity index (χ0) is 15.9. The number of furan rings is 2. The monoisotopic (exact) mass is 306 g/mol. The Labute approximate surface area is 123 Å². The van der Waals surface area contributed by atoms with Crippen molar-refractivity contribution in [3.63, 3.8) is 0 Å². The smallest absolute Gasteiger partial charge is 0.381 e. The topological polar surface area (TPSA) is 113 Å². The molecule has 8 nitrogen and oxygen atoms in total. The lowest BCUT2D eigenvalue weighted by Crippen LogP contribution is -2.16. The Morgan fingerprint density at radius 3 is 1.50 bits per heavy atom. The normalized spacial score (nSPS) is 10.0. The maximum Gasteiger partial charge on any atom is 0.381 e. The van der Waals surface area contributed by atoms with E-state index in [-0.39, 0.29) is 11.5 Å². The van der Waals surface area contributed by atoms with Gasteiger partial charge in [0.15, 0.2) is 0 Å². The van der Waals surface area contributed by atoms with Gasteiger partial charge >= 0.3 is 23.9 Å². The first-order valence-corrected chi connectivity index (χ1v) is 6.13. The Hall–Kier alpha value is -3.16. The number of ether oxygens (including phenoxy) is 2. The van der Waals surface area contributed by atoms with E-state index in [0.717, 1.165) is 0 Å². The average molecular weight is 306 g/mol. The molecule has 0 aromatic carbocycles. The molecule has 114 valence electrons. The number of carbonyl (C=O) groups excluding carboxylic acids is 4. The van der Waals surface area contributed by atoms with Crippen molar-refractivity contribution in [2.75, 3.05) is 0 Å². The molecule has 2 aromatic heterocycles. The van der Waals surface area contributed by atoms with Crippen molar-refractivity contribution < 1.29 is 37.5 Å². The zero-order valence-electron chi connectivity index (χ0n) is 11.1. The molecule has 0 aliphatic carbocycles. The summed E-state index contributed by atoms with van der Waals surface area (Å²) in [4.78, 5) is 45.5. The van der Waals surface area contributed by atoms with Gasteiger partial charge < -0.3 is 18.3 Å². The van der Waals surface area contributed by atoms with Gasteiger partial charge in [0.05, 0.1) is 25.4 Å². The van der Waals surface area contributed by atoms with Gasteiger partial charge in [-0.3, -0.25) is 9.59 Å². The van der Waals surface area contributed by atoms with E-state index in [1.54, 1.807) is 0 Å². The standard InChI is InChI=1S/C14H10O8/c15-11(21-13(17)9-3-1-7-19-9)5-6-12(16)22-14(18)10-4-2-8-20-10/h1-4,7-8H,5-6H2. The lowest BCUT2D eigenvalue weighted by atomic mass is 10.3. The SMILES string of the molecule is O=C(CCC(=O)OC(=O)c1ccco1)OC(=O)c1ccco1. The number of hydrogen-bond donors (Lipinski definition) is 0. The molecule has 0 radical (unpaired) electrons. The third-order valence-corrected chi connectivity index (χ3v) is 2.39. The highest BCUT2D eigenvalue weighted by Crippen LogP contribution is 2.06. The quantitative estimate of drug-likeness (QED) is 0.606. The molecule has 2 rings (SSSR count). The van der Waals surface area contributed by atoms with Crippen LogP contribution in [0.3, 0.4) is 0 Å². The van der Waals surface area contributed by atoms with Gasteiger partial charge in [-0.2, -0.15) is 0 Å². The molecule has 0 saturated carbocycles. The van der Waals surface area contributed by atoms with Crippen LogP contribution in [0, 0.1) is 0 Å². The molecule has 0 aliphatic heterocycles. The molecule has 0 spiro atoms. The van der Waals surface area contributed by atoms with Crippen LogP contribution in [0.4, 0.5) is 0 Å². The van der Waals surface area contributed by atoms with Crippen LogP contribution >= 0.6 is 0 Å². The molecule has 0 atom stereocenters. The Morgan fingerprint density at radius 2 is 1.18 bits per heavy atom. The van der Waals surface area contributed by atoms with E-state index in [1.807, 2.05) is 0 Å². The van der Waals surface area contributed by atoms with Crippen molar-refractivity contribution >= 4 is 23.9 Å². The van der Waals surface area contributed by atoms with Gasteiger partial charge in [0, 0.05) is 0 Å². The second kappa shape index (κ2) is 7.02. The Kier molecular flexibility index (Phi) is 4.86. The van der Waals surface area contributed by atoms with E-state index in [1.165, 1.54) is 36.8 Å². The van der Waals surface area contributed by atoms with Crippen molar-refractivity contribution in [1.82, 2.24) is 0 Å². The molecule has 0 unspecified atom stereocenters. The van der Waals surface area contributed by atoms with E-state index in [0.29, 0.717) is 0 Å². The van der Waals surface area contributed by atoms with Crippen molar-refractivity contribution in [1.29, 1.82) is 0 Å². The third-order valence-electron chi connectivity index (χ3n) is 2.39. The number of rotatable bonds is 5. The van der Waals surface area contributed by atoms with Gasteiger partial charge in [-0.15, -0.1) is 0 Å². The molecule has 2 aromatic rings. The van der Waals surface area contributed by atoms with E-state index in [9.17, 15) is 19.2 Å². The minimum atomic E-state index is -0.963. The number of carbonyl (C=O) groups is 4. The first-order chi connectivity index (χ1) is 10.6. The van der Waals surface area contributed by atoms with Crippen LogP contribution in [-0.2, 0) is 19.1 Å². The minimum Gasteiger partial charge on any atom is -0.457 e. The van der Waals surface area contributed by atoms with Gasteiger partial charge in [-0.05, 0) is 24.3 Å². The highest BCUT2D eigenvalue weighted by molar-refractivity contribution is 5.97. The number of esters is 4. The van der Waals surface area contributed by atoms with Gasteiger partial charge in [-0.1, -0.05) is 0 Å². The largest absolute Gasteiger partial charge is 0.457 e. The summed E-state index contributed by atoms with van der Waals surface area (Å²) < 4.78 is 18.4. The average Bonchev–Trinajstić information content (AvgIpc) is 3.17. The van der Waals surface area contributed by atoms with Crippen LogP contribution in [0.2, 0.25) is 0 Å². The summed E-state index contributed by atoms with van der Waals surface area (Å²) in [6, 6.07) is 5.56. The van der Waals surface area contributed by atoms with E-state index >= 15 is 0 Å². The Morgan fingerprint density at radius 1 is 0.773 bits per heavy atom. The summed E-state index contributed by atoms with van der Waals surface area (Å²) >= 11 is 0. The Balaban J connectivity index is 1.73. The van der Waals surface area contributed by atoms with Crippen LogP contribution in [0.25, 0.3) is 0 Å². The van der Waals surface area contributed by atoms with Gasteiger partial charge in [-0.25, -0.2) is 9.59 Å². The molecule has 0 N–H and O–H groups in total. The zero-order valence-corrected chi connectivity index (χ0v) is 11.1. The maximum atomic E-state index is 11.4. The molecule has 0 bridgehead atoms. The molecule has 2 heterocycles. The van der Waals surface area contributed by atoms with E-state index < -0.39 is 36.7 Å². The van der Waals surface area contributed by atoms with Gasteiger partial charge in [0.25, 0.3) is 0 Å². The lowest BCUT2D eigenvalue weighted by molar-refractivity contribution is -0.144. The minimum absolute atomic E-state index is 0.135. The number of hydrogen-bond acceptors (Lipinski definition) is 8. The second-order valence-corrected chi connectivity index (χ2v) is 3.98.